The molecular weight excluding hydrogens is 439 g/mol. The van der Waals surface area contributed by atoms with Gasteiger partial charge >= 0.3 is 61.5 Å². The minimum absolute atomic E-state index is 0. The average Bonchev–Trinajstić information content (AvgIpc) is 2.73. The molecule has 0 saturated carbocycles. The van der Waals surface area contributed by atoms with Crippen molar-refractivity contribution in [1.82, 2.24) is 0 Å². The van der Waals surface area contributed by atoms with E-state index in [1.807, 2.05) is 6.92 Å². The van der Waals surface area contributed by atoms with Gasteiger partial charge < -0.3 is 5.11 Å². The molecule has 1 aromatic rings. The van der Waals surface area contributed by atoms with Crippen LogP contribution in [0.15, 0.2) is 23.1 Å². The summed E-state index contributed by atoms with van der Waals surface area (Å²) in [5.41, 5.74) is 0.724. The molecule has 0 radical (unpaired) electrons. The van der Waals surface area contributed by atoms with Crippen molar-refractivity contribution in [3.8, 4) is 5.75 Å². The summed E-state index contributed by atoms with van der Waals surface area (Å²) in [6, 6.07) is 4.07. The number of hydrogen-bond acceptors (Lipinski definition) is 5. The molecule has 0 heterocycles. The molecule has 7 heteroatoms. The van der Waals surface area contributed by atoms with E-state index < -0.39 is 10.1 Å². The summed E-state index contributed by atoms with van der Waals surface area (Å²) >= 11 is 0. The molecule has 1 atom stereocenters. The third-order valence-corrected chi connectivity index (χ3v) is 6.94. The Hall–Kier alpha value is 0.526. The summed E-state index contributed by atoms with van der Waals surface area (Å²) in [6.45, 7) is 4.30. The number of aromatic hydroxyl groups is 1. The van der Waals surface area contributed by atoms with Gasteiger partial charge in [-0.3, -0.25) is 0 Å². The molecule has 0 aromatic heterocycles. The van der Waals surface area contributed by atoms with Crippen molar-refractivity contribution in [2.24, 2.45) is 0 Å². The molecule has 31 heavy (non-hydrogen) atoms. The van der Waals surface area contributed by atoms with Crippen molar-refractivity contribution < 1.29 is 23.1 Å². The molecule has 2 N–H and O–H groups in total. The van der Waals surface area contributed by atoms with Crippen LogP contribution in [-0.2, 0) is 14.5 Å². The van der Waals surface area contributed by atoms with E-state index in [0.29, 0.717) is 0 Å². The normalized spacial score (nSPS) is 12.5. The van der Waals surface area contributed by atoms with Crippen molar-refractivity contribution in [2.45, 2.75) is 121 Å². The molecular formula is C24H43KO5S. The summed E-state index contributed by atoms with van der Waals surface area (Å²) in [6.07, 6.45) is 19.5. The molecule has 0 saturated heterocycles. The quantitative estimate of drug-likeness (QED) is 0.103. The van der Waals surface area contributed by atoms with Crippen LogP contribution in [0.1, 0.15) is 122 Å². The zero-order chi connectivity index (χ0) is 22.2. The number of unbranched alkanes of at least 4 members (excludes halogenated alkanes) is 13. The summed E-state index contributed by atoms with van der Waals surface area (Å²) in [5, 5.41) is 18.6. The Bertz CT molecular complexity index is 679. The molecule has 176 valence electrons. The van der Waals surface area contributed by atoms with Crippen LogP contribution in [0.4, 0.5) is 0 Å². The average molecular weight is 483 g/mol. The minimum atomic E-state index is -4.21. The zero-order valence-electron chi connectivity index (χ0n) is 18.9. The maximum absolute atomic E-state index is 11.5. The van der Waals surface area contributed by atoms with Gasteiger partial charge in [0.05, 0.1) is 0 Å². The summed E-state index contributed by atoms with van der Waals surface area (Å²) in [5.74, 6) is 0.0695. The molecule has 0 aliphatic rings. The van der Waals surface area contributed by atoms with Crippen LogP contribution in [0.25, 0.3) is 0 Å². The Labute approximate surface area is 232 Å². The van der Waals surface area contributed by atoms with Gasteiger partial charge in [0, 0.05) is 6.07 Å². The van der Waals surface area contributed by atoms with Crippen LogP contribution in [-0.4, -0.2) is 70.2 Å². The summed E-state index contributed by atoms with van der Waals surface area (Å²) in [4.78, 5) is -0.255. The predicted octanol–water partition coefficient (Wildman–Crippen LogP) is 6.90. The standard InChI is InChI=1S/C24H42O5S.K.H/c1-3-4-5-6-7-8-9-10-11-12-13-14-15-16-17-21(2)23-19-18-22(20-24(23)25)30(27,28)29-26;;/h18-21,25-26H,3-17H2,1-2H3;;. The van der Waals surface area contributed by atoms with Crippen molar-refractivity contribution in [3.63, 3.8) is 0 Å². The van der Waals surface area contributed by atoms with Gasteiger partial charge in [0.2, 0.25) is 0 Å². The molecule has 5 nitrogen and oxygen atoms in total. The third-order valence-electron chi connectivity index (χ3n) is 5.91. The van der Waals surface area contributed by atoms with E-state index in [1.165, 1.54) is 89.5 Å². The van der Waals surface area contributed by atoms with E-state index in [4.69, 9.17) is 5.26 Å². The Morgan fingerprint density at radius 2 is 1.29 bits per heavy atom. The van der Waals surface area contributed by atoms with Crippen molar-refractivity contribution in [1.29, 1.82) is 0 Å². The fourth-order valence-corrected chi connectivity index (χ4v) is 4.52. The number of phenolic OH excluding ortho intramolecular Hbond substituents is 1. The Kier molecular flexibility index (Phi) is 19.2. The molecule has 0 aliphatic heterocycles. The van der Waals surface area contributed by atoms with Crippen molar-refractivity contribution in [3.05, 3.63) is 23.8 Å². The van der Waals surface area contributed by atoms with Gasteiger partial charge in [0.1, 0.15) is 10.6 Å². The second kappa shape index (κ2) is 18.9. The van der Waals surface area contributed by atoms with Crippen LogP contribution in [0.5, 0.6) is 5.75 Å². The SMILES string of the molecule is CCCCCCCCCCCCCCCCC(C)c1ccc(S(=O)(=O)OO)cc1O.[KH]. The topological polar surface area (TPSA) is 83.8 Å². The first kappa shape index (κ1) is 31.5. The number of hydrogen-bond donors (Lipinski definition) is 2. The monoisotopic (exact) mass is 482 g/mol. The first-order valence-corrected chi connectivity index (χ1v) is 13.2. The molecule has 0 aliphatic carbocycles. The van der Waals surface area contributed by atoms with Crippen molar-refractivity contribution >= 4 is 61.5 Å². The van der Waals surface area contributed by atoms with Crippen molar-refractivity contribution in [2.75, 3.05) is 0 Å². The van der Waals surface area contributed by atoms with Gasteiger partial charge in [-0.15, -0.1) is 4.33 Å². The second-order valence-electron chi connectivity index (χ2n) is 8.54. The Morgan fingerprint density at radius 3 is 1.71 bits per heavy atom. The predicted molar refractivity (Wildman–Crippen MR) is 129 cm³/mol. The van der Waals surface area contributed by atoms with E-state index in [2.05, 4.69) is 11.3 Å². The molecule has 1 aromatic carbocycles. The molecule has 0 fully saturated rings. The second-order valence-corrected chi connectivity index (χ2v) is 10.1. The van der Waals surface area contributed by atoms with Gasteiger partial charge in [-0.2, -0.15) is 8.42 Å². The third kappa shape index (κ3) is 13.7. The van der Waals surface area contributed by atoms with E-state index >= 15 is 0 Å². The van der Waals surface area contributed by atoms with E-state index in [9.17, 15) is 13.5 Å². The molecule has 0 bridgehead atoms. The fraction of sp³-hybridized carbons (Fsp3) is 0.750. The van der Waals surface area contributed by atoms with Gasteiger partial charge in [0.15, 0.2) is 0 Å². The van der Waals surface area contributed by atoms with Gasteiger partial charge in [-0.1, -0.05) is 110 Å². The molecule has 1 rings (SSSR count). The van der Waals surface area contributed by atoms with Gasteiger partial charge in [-0.25, -0.2) is 5.26 Å². The van der Waals surface area contributed by atoms with Gasteiger partial charge in [0.25, 0.3) is 0 Å². The number of benzene rings is 1. The molecule has 0 spiro atoms. The first-order valence-electron chi connectivity index (χ1n) is 11.8. The number of rotatable bonds is 18. The van der Waals surface area contributed by atoms with Crippen LogP contribution in [0.2, 0.25) is 0 Å². The van der Waals surface area contributed by atoms with Crippen LogP contribution in [0, 0.1) is 0 Å². The van der Waals surface area contributed by atoms with Crippen LogP contribution in [0.3, 0.4) is 0 Å². The summed E-state index contributed by atoms with van der Waals surface area (Å²) < 4.78 is 26.4. The molecule has 0 amide bonds. The Morgan fingerprint density at radius 1 is 0.839 bits per heavy atom. The molecule has 1 unspecified atom stereocenters. The maximum atomic E-state index is 11.5. The van der Waals surface area contributed by atoms with Crippen LogP contribution >= 0.6 is 0 Å². The number of phenols is 1. The van der Waals surface area contributed by atoms with E-state index in [1.54, 1.807) is 6.07 Å². The van der Waals surface area contributed by atoms with Crippen LogP contribution < -0.4 is 0 Å². The zero-order valence-corrected chi connectivity index (χ0v) is 19.8. The first-order chi connectivity index (χ1) is 14.4. The fourth-order valence-electron chi connectivity index (χ4n) is 3.94. The van der Waals surface area contributed by atoms with E-state index in [0.717, 1.165) is 24.5 Å². The van der Waals surface area contributed by atoms with Gasteiger partial charge in [-0.05, 0) is 24.0 Å². The Balaban J connectivity index is 0.00000900. The summed E-state index contributed by atoms with van der Waals surface area (Å²) in [7, 11) is -4.21. The van der Waals surface area contributed by atoms with E-state index in [-0.39, 0.29) is 67.9 Å².